The van der Waals surface area contributed by atoms with Crippen molar-refractivity contribution in [3.8, 4) is 0 Å². The lowest BCUT2D eigenvalue weighted by atomic mass is 9.64. The van der Waals surface area contributed by atoms with Crippen LogP contribution < -0.4 is 5.32 Å². The number of hydrogen-bond acceptors (Lipinski definition) is 3. The van der Waals surface area contributed by atoms with Crippen molar-refractivity contribution in [1.29, 1.82) is 0 Å². The number of aliphatic hydroxyl groups excluding tert-OH is 1. The minimum atomic E-state index is -0.139. The van der Waals surface area contributed by atoms with Gasteiger partial charge in [-0.3, -0.25) is 0 Å². The molecule has 0 aromatic heterocycles. The maximum absolute atomic E-state index is 9.75. The zero-order valence-electron chi connectivity index (χ0n) is 11.0. The molecule has 1 fully saturated rings. The zero-order valence-corrected chi connectivity index (χ0v) is 11.8. The molecule has 18 heavy (non-hydrogen) atoms. The van der Waals surface area contributed by atoms with Gasteiger partial charge in [-0.25, -0.2) is 0 Å². The normalized spacial score (nSPS) is 32.9. The molecular formula is C15H21NOS. The molecule has 1 heterocycles. The summed E-state index contributed by atoms with van der Waals surface area (Å²) in [5.74, 6) is 1.81. The lowest BCUT2D eigenvalue weighted by Gasteiger charge is -2.50. The Hall–Kier alpha value is -0.510. The molecule has 3 heteroatoms. The summed E-state index contributed by atoms with van der Waals surface area (Å²) in [5.41, 5.74) is 1.53. The number of aliphatic hydroxyl groups is 1. The molecule has 1 aromatic carbocycles. The molecule has 0 saturated heterocycles. The Morgan fingerprint density at radius 3 is 2.89 bits per heavy atom. The lowest BCUT2D eigenvalue weighted by molar-refractivity contribution is -0.0724. The molecule has 3 atom stereocenters. The molecule has 1 aliphatic heterocycles. The number of hydrogen-bond donors (Lipinski definition) is 2. The Kier molecular flexibility index (Phi) is 3.16. The van der Waals surface area contributed by atoms with Gasteiger partial charge in [-0.15, -0.1) is 11.8 Å². The third-order valence-corrected chi connectivity index (χ3v) is 5.88. The van der Waals surface area contributed by atoms with E-state index in [1.165, 1.54) is 16.2 Å². The summed E-state index contributed by atoms with van der Waals surface area (Å²) >= 11 is 1.96. The fraction of sp³-hybridized carbons (Fsp3) is 0.600. The minimum Gasteiger partial charge on any atom is -0.392 e. The molecule has 98 valence electrons. The van der Waals surface area contributed by atoms with Gasteiger partial charge in [-0.1, -0.05) is 32.0 Å². The van der Waals surface area contributed by atoms with E-state index in [4.69, 9.17) is 0 Å². The van der Waals surface area contributed by atoms with Gasteiger partial charge in [-0.05, 0) is 18.1 Å². The van der Waals surface area contributed by atoms with Crippen LogP contribution in [-0.4, -0.2) is 29.5 Å². The summed E-state index contributed by atoms with van der Waals surface area (Å²) in [4.78, 5) is 1.44. The van der Waals surface area contributed by atoms with Gasteiger partial charge < -0.3 is 10.4 Å². The molecule has 3 rings (SSSR count). The van der Waals surface area contributed by atoms with Gasteiger partial charge >= 0.3 is 0 Å². The van der Waals surface area contributed by atoms with Crippen LogP contribution in [-0.2, 0) is 0 Å². The van der Waals surface area contributed by atoms with Crippen LogP contribution in [0.2, 0.25) is 0 Å². The predicted octanol–water partition coefficient (Wildman–Crippen LogP) is 2.62. The molecule has 0 amide bonds. The number of thioether (sulfide) groups is 1. The highest BCUT2D eigenvalue weighted by Gasteiger charge is 2.47. The number of benzene rings is 1. The second kappa shape index (κ2) is 4.55. The molecule has 1 aromatic rings. The van der Waals surface area contributed by atoms with E-state index < -0.39 is 0 Å². The molecule has 1 saturated carbocycles. The van der Waals surface area contributed by atoms with Gasteiger partial charge in [0.2, 0.25) is 0 Å². The van der Waals surface area contributed by atoms with E-state index in [9.17, 15) is 5.11 Å². The van der Waals surface area contributed by atoms with E-state index >= 15 is 0 Å². The Morgan fingerprint density at radius 2 is 2.17 bits per heavy atom. The van der Waals surface area contributed by atoms with Crippen molar-refractivity contribution in [2.75, 3.05) is 12.3 Å². The van der Waals surface area contributed by atoms with E-state index in [1.54, 1.807) is 0 Å². The van der Waals surface area contributed by atoms with Crippen LogP contribution in [0.4, 0.5) is 0 Å². The summed E-state index contributed by atoms with van der Waals surface area (Å²) in [5, 5.41) is 13.4. The van der Waals surface area contributed by atoms with Crippen LogP contribution in [0.25, 0.3) is 0 Å². The summed E-state index contributed by atoms with van der Waals surface area (Å²) < 4.78 is 0. The summed E-state index contributed by atoms with van der Waals surface area (Å²) in [6.45, 7) is 5.33. The van der Waals surface area contributed by atoms with Crippen LogP contribution in [0.5, 0.6) is 0 Å². The predicted molar refractivity (Wildman–Crippen MR) is 76.1 cm³/mol. The number of rotatable bonds is 3. The molecule has 2 N–H and O–H groups in total. The second-order valence-corrected chi connectivity index (χ2v) is 7.14. The summed E-state index contributed by atoms with van der Waals surface area (Å²) in [6.07, 6.45) is 0.759. The Morgan fingerprint density at radius 1 is 1.39 bits per heavy atom. The lowest BCUT2D eigenvalue weighted by Crippen LogP contribution is -2.60. The third kappa shape index (κ3) is 1.98. The minimum absolute atomic E-state index is 0.0330. The van der Waals surface area contributed by atoms with Crippen LogP contribution in [0.1, 0.15) is 31.7 Å². The van der Waals surface area contributed by atoms with Crippen molar-refractivity contribution in [2.24, 2.45) is 5.41 Å². The third-order valence-electron chi connectivity index (χ3n) is 4.63. The number of fused-ring (bicyclic) bond motifs is 1. The average molecular weight is 263 g/mol. The Labute approximate surface area is 113 Å². The quantitative estimate of drug-likeness (QED) is 0.879. The summed E-state index contributed by atoms with van der Waals surface area (Å²) in [7, 11) is 0. The maximum Gasteiger partial charge on any atom is 0.0621 e. The van der Waals surface area contributed by atoms with E-state index in [0.29, 0.717) is 12.0 Å². The Balaban J connectivity index is 1.60. The standard InChI is InChI=1S/C15H21NOS/c1-15(2)13(7-14(15)17)16-8-10-9-18-12-6-4-3-5-11(10)12/h3-6,10,13-14,16-17H,7-9H2,1-2H3. The van der Waals surface area contributed by atoms with Crippen molar-refractivity contribution in [3.05, 3.63) is 29.8 Å². The molecule has 3 unspecified atom stereocenters. The van der Waals surface area contributed by atoms with Crippen molar-refractivity contribution >= 4 is 11.8 Å². The molecule has 0 radical (unpaired) electrons. The Bertz CT molecular complexity index is 446. The molecule has 0 bridgehead atoms. The SMILES string of the molecule is CC1(C)C(O)CC1NCC1CSc2ccccc21. The first-order valence-electron chi connectivity index (χ1n) is 6.72. The van der Waals surface area contributed by atoms with E-state index in [0.717, 1.165) is 13.0 Å². The van der Waals surface area contributed by atoms with Gasteiger partial charge in [0.15, 0.2) is 0 Å². The van der Waals surface area contributed by atoms with Gasteiger partial charge in [0.05, 0.1) is 6.10 Å². The van der Waals surface area contributed by atoms with E-state index in [2.05, 4.69) is 43.4 Å². The monoisotopic (exact) mass is 263 g/mol. The highest BCUT2D eigenvalue weighted by atomic mass is 32.2. The summed E-state index contributed by atoms with van der Waals surface area (Å²) in [6, 6.07) is 9.19. The van der Waals surface area contributed by atoms with E-state index in [-0.39, 0.29) is 11.5 Å². The van der Waals surface area contributed by atoms with Crippen molar-refractivity contribution in [2.45, 2.75) is 43.2 Å². The van der Waals surface area contributed by atoms with Gasteiger partial charge in [0.1, 0.15) is 0 Å². The molecular weight excluding hydrogens is 242 g/mol. The number of nitrogens with one attached hydrogen (secondary N) is 1. The molecule has 1 aliphatic carbocycles. The van der Waals surface area contributed by atoms with Crippen LogP contribution in [0.3, 0.4) is 0 Å². The van der Waals surface area contributed by atoms with Crippen molar-refractivity contribution < 1.29 is 5.11 Å². The van der Waals surface area contributed by atoms with Crippen LogP contribution in [0, 0.1) is 5.41 Å². The van der Waals surface area contributed by atoms with Crippen LogP contribution in [0.15, 0.2) is 29.2 Å². The first-order valence-corrected chi connectivity index (χ1v) is 7.71. The highest BCUT2D eigenvalue weighted by Crippen LogP contribution is 2.42. The zero-order chi connectivity index (χ0) is 12.8. The highest BCUT2D eigenvalue weighted by molar-refractivity contribution is 7.99. The molecule has 2 nitrogen and oxygen atoms in total. The van der Waals surface area contributed by atoms with Gasteiger partial charge in [-0.2, -0.15) is 0 Å². The maximum atomic E-state index is 9.75. The van der Waals surface area contributed by atoms with Gasteiger partial charge in [0.25, 0.3) is 0 Å². The van der Waals surface area contributed by atoms with Crippen molar-refractivity contribution in [3.63, 3.8) is 0 Å². The fourth-order valence-electron chi connectivity index (χ4n) is 2.93. The van der Waals surface area contributed by atoms with E-state index in [1.807, 2.05) is 11.8 Å². The van der Waals surface area contributed by atoms with Crippen molar-refractivity contribution in [1.82, 2.24) is 5.32 Å². The molecule has 0 spiro atoms. The second-order valence-electron chi connectivity index (χ2n) is 6.08. The first kappa shape index (κ1) is 12.5. The van der Waals surface area contributed by atoms with Gasteiger partial charge in [0, 0.05) is 34.6 Å². The molecule has 2 aliphatic rings. The topological polar surface area (TPSA) is 32.3 Å². The van der Waals surface area contributed by atoms with Crippen LogP contribution >= 0.6 is 11.8 Å². The largest absolute Gasteiger partial charge is 0.392 e. The fourth-order valence-corrected chi connectivity index (χ4v) is 4.19. The average Bonchev–Trinajstić information content (AvgIpc) is 2.78. The first-order chi connectivity index (χ1) is 8.59. The smallest absolute Gasteiger partial charge is 0.0621 e.